The Balaban J connectivity index is 1.79. The topological polar surface area (TPSA) is 83.6 Å². The number of hydrogen-bond acceptors (Lipinski definition) is 4. The molecule has 1 aliphatic rings. The first kappa shape index (κ1) is 18.5. The highest BCUT2D eigenvalue weighted by atomic mass is 35.5. The van der Waals surface area contributed by atoms with Crippen LogP contribution in [-0.4, -0.2) is 29.7 Å². The Hall–Kier alpha value is -2.34. The van der Waals surface area contributed by atoms with Crippen molar-refractivity contribution in [1.82, 2.24) is 10.4 Å². The van der Waals surface area contributed by atoms with Gasteiger partial charge in [0.2, 0.25) is 5.91 Å². The third kappa shape index (κ3) is 4.25. The van der Waals surface area contributed by atoms with Crippen LogP contribution in [0.15, 0.2) is 23.3 Å². The maximum atomic E-state index is 12.2. The molecule has 0 aliphatic heterocycles. The largest absolute Gasteiger partial charge is 0.461 e. The molecule has 1 heterocycles. The van der Waals surface area contributed by atoms with Gasteiger partial charge in [-0.3, -0.25) is 4.79 Å². The number of halogens is 1. The minimum Gasteiger partial charge on any atom is -0.461 e. The van der Waals surface area contributed by atoms with Crippen molar-refractivity contribution in [3.8, 4) is 0 Å². The molecule has 0 atom stereocenters. The van der Waals surface area contributed by atoms with Crippen molar-refractivity contribution in [3.05, 3.63) is 34.5 Å². The average Bonchev–Trinajstić information content (AvgIpc) is 3.22. The lowest BCUT2D eigenvalue weighted by molar-refractivity contribution is -0.121. The van der Waals surface area contributed by atoms with E-state index in [2.05, 4.69) is 15.5 Å². The number of rotatable bonds is 6. The molecule has 0 spiro atoms. The standard InChI is InChI=1S/C19H22ClN3O3/c1-2-26-19(25)18-15(14-8-7-13(20)10-16(14)22-18)11-21-23-17(24)9-12-5-3-4-6-12/h7-8,10-12,22H,2-6,9H2,1H3,(H,23,24)/b21-11+. The Kier molecular flexibility index (Phi) is 5.93. The SMILES string of the molecule is CCOC(=O)c1[nH]c2cc(Cl)ccc2c1/C=N/NC(=O)CC1CCCC1. The number of amides is 1. The Morgan fingerprint density at radius 2 is 2.15 bits per heavy atom. The van der Waals surface area contributed by atoms with Gasteiger partial charge in [0.25, 0.3) is 0 Å². The van der Waals surface area contributed by atoms with Crippen molar-refractivity contribution >= 4 is 40.6 Å². The van der Waals surface area contributed by atoms with Crippen LogP contribution in [0.5, 0.6) is 0 Å². The zero-order valence-corrected chi connectivity index (χ0v) is 15.4. The number of nitrogens with zero attached hydrogens (tertiary/aromatic N) is 1. The van der Waals surface area contributed by atoms with Gasteiger partial charge in [-0.15, -0.1) is 0 Å². The van der Waals surface area contributed by atoms with Gasteiger partial charge in [-0.1, -0.05) is 30.5 Å². The molecule has 1 aromatic heterocycles. The second-order valence-electron chi connectivity index (χ2n) is 6.47. The highest BCUT2D eigenvalue weighted by Gasteiger charge is 2.19. The molecule has 1 aliphatic carbocycles. The monoisotopic (exact) mass is 375 g/mol. The van der Waals surface area contributed by atoms with Gasteiger partial charge >= 0.3 is 5.97 Å². The van der Waals surface area contributed by atoms with E-state index in [9.17, 15) is 9.59 Å². The first-order valence-electron chi connectivity index (χ1n) is 8.88. The molecule has 0 bridgehead atoms. The van der Waals surface area contributed by atoms with Crippen molar-refractivity contribution in [2.24, 2.45) is 11.0 Å². The number of carbonyl (C=O) groups excluding carboxylic acids is 2. The van der Waals surface area contributed by atoms with Crippen molar-refractivity contribution in [1.29, 1.82) is 0 Å². The number of H-pyrrole nitrogens is 1. The number of hydrazone groups is 1. The number of benzene rings is 1. The number of hydrogen-bond donors (Lipinski definition) is 2. The van der Waals surface area contributed by atoms with E-state index in [1.807, 2.05) is 0 Å². The smallest absolute Gasteiger partial charge is 0.355 e. The maximum absolute atomic E-state index is 12.2. The van der Waals surface area contributed by atoms with Crippen LogP contribution in [0, 0.1) is 5.92 Å². The lowest BCUT2D eigenvalue weighted by Gasteiger charge is -2.06. The first-order valence-corrected chi connectivity index (χ1v) is 9.26. The summed E-state index contributed by atoms with van der Waals surface area (Å²) in [7, 11) is 0. The maximum Gasteiger partial charge on any atom is 0.355 e. The second-order valence-corrected chi connectivity index (χ2v) is 6.91. The Morgan fingerprint density at radius 1 is 1.38 bits per heavy atom. The summed E-state index contributed by atoms with van der Waals surface area (Å²) >= 11 is 6.02. The average molecular weight is 376 g/mol. The summed E-state index contributed by atoms with van der Waals surface area (Å²) in [6.45, 7) is 2.01. The molecule has 2 N–H and O–H groups in total. The van der Waals surface area contributed by atoms with E-state index >= 15 is 0 Å². The number of carbonyl (C=O) groups is 2. The molecule has 1 aromatic carbocycles. The number of ether oxygens (including phenoxy) is 1. The predicted molar refractivity (Wildman–Crippen MR) is 102 cm³/mol. The molecule has 1 saturated carbocycles. The van der Waals surface area contributed by atoms with Crippen LogP contribution < -0.4 is 5.43 Å². The zero-order chi connectivity index (χ0) is 18.5. The van der Waals surface area contributed by atoms with Gasteiger partial charge in [0.1, 0.15) is 5.69 Å². The lowest BCUT2D eigenvalue weighted by Crippen LogP contribution is -2.20. The van der Waals surface area contributed by atoms with Crippen molar-refractivity contribution in [2.45, 2.75) is 39.0 Å². The molecule has 7 heteroatoms. The van der Waals surface area contributed by atoms with Gasteiger partial charge < -0.3 is 9.72 Å². The number of aromatic nitrogens is 1. The normalized spacial score (nSPS) is 15.0. The molecule has 6 nitrogen and oxygen atoms in total. The van der Waals surface area contributed by atoms with E-state index in [4.69, 9.17) is 16.3 Å². The lowest BCUT2D eigenvalue weighted by atomic mass is 10.0. The molecule has 1 fully saturated rings. The Labute approximate surface area is 156 Å². The van der Waals surface area contributed by atoms with Crippen LogP contribution in [0.25, 0.3) is 10.9 Å². The molecule has 1 amide bonds. The predicted octanol–water partition coefficient (Wildman–Crippen LogP) is 4.03. The highest BCUT2D eigenvalue weighted by molar-refractivity contribution is 6.31. The van der Waals surface area contributed by atoms with Gasteiger partial charge in [-0.25, -0.2) is 10.2 Å². The van der Waals surface area contributed by atoms with Crippen LogP contribution in [0.2, 0.25) is 5.02 Å². The number of esters is 1. The molecule has 0 saturated heterocycles. The van der Waals surface area contributed by atoms with E-state index in [0.29, 0.717) is 28.4 Å². The minimum absolute atomic E-state index is 0.103. The number of nitrogens with one attached hydrogen (secondary N) is 2. The van der Waals surface area contributed by atoms with Crippen molar-refractivity contribution in [3.63, 3.8) is 0 Å². The fourth-order valence-corrected chi connectivity index (χ4v) is 3.55. The first-order chi connectivity index (χ1) is 12.6. The van der Waals surface area contributed by atoms with Crippen molar-refractivity contribution < 1.29 is 14.3 Å². The number of aromatic amines is 1. The van der Waals surface area contributed by atoms with Gasteiger partial charge in [-0.2, -0.15) is 5.10 Å². The van der Waals surface area contributed by atoms with Gasteiger partial charge in [0.05, 0.1) is 12.8 Å². The summed E-state index contributed by atoms with van der Waals surface area (Å²) < 4.78 is 5.09. The van der Waals surface area contributed by atoms with Crippen LogP contribution >= 0.6 is 11.6 Å². The van der Waals surface area contributed by atoms with Gasteiger partial charge in [0, 0.05) is 27.9 Å². The fraction of sp³-hybridized carbons (Fsp3) is 0.421. The van der Waals surface area contributed by atoms with E-state index in [1.54, 1.807) is 25.1 Å². The Bertz CT molecular complexity index is 838. The quantitative estimate of drug-likeness (QED) is 0.454. The van der Waals surface area contributed by atoms with E-state index in [0.717, 1.165) is 18.2 Å². The fourth-order valence-electron chi connectivity index (χ4n) is 3.38. The van der Waals surface area contributed by atoms with Crippen LogP contribution in [-0.2, 0) is 9.53 Å². The van der Waals surface area contributed by atoms with Crippen LogP contribution in [0.1, 0.15) is 55.1 Å². The molecule has 138 valence electrons. The van der Waals surface area contributed by atoms with Gasteiger partial charge in [-0.05, 0) is 37.8 Å². The summed E-state index contributed by atoms with van der Waals surface area (Å²) in [4.78, 5) is 27.3. The molecule has 0 radical (unpaired) electrons. The van der Waals surface area contributed by atoms with Gasteiger partial charge in [0.15, 0.2) is 0 Å². The summed E-state index contributed by atoms with van der Waals surface area (Å²) in [5, 5.41) is 5.39. The molecule has 26 heavy (non-hydrogen) atoms. The highest BCUT2D eigenvalue weighted by Crippen LogP contribution is 2.27. The third-order valence-electron chi connectivity index (χ3n) is 4.61. The Morgan fingerprint density at radius 3 is 2.88 bits per heavy atom. The minimum atomic E-state index is -0.474. The molecular weight excluding hydrogens is 354 g/mol. The molecule has 0 unspecified atom stereocenters. The van der Waals surface area contributed by atoms with Crippen molar-refractivity contribution in [2.75, 3.05) is 6.61 Å². The zero-order valence-electron chi connectivity index (χ0n) is 14.7. The summed E-state index contributed by atoms with van der Waals surface area (Å²) in [6, 6.07) is 5.27. The summed E-state index contributed by atoms with van der Waals surface area (Å²) in [5.74, 6) is -0.122. The van der Waals surface area contributed by atoms with E-state index in [1.165, 1.54) is 19.1 Å². The molecule has 2 aromatic rings. The van der Waals surface area contributed by atoms with Crippen LogP contribution in [0.3, 0.4) is 0 Å². The second kappa shape index (κ2) is 8.36. The summed E-state index contributed by atoms with van der Waals surface area (Å²) in [5.41, 5.74) is 4.12. The molecule has 3 rings (SSSR count). The summed E-state index contributed by atoms with van der Waals surface area (Å²) in [6.07, 6.45) is 6.57. The third-order valence-corrected chi connectivity index (χ3v) is 4.85. The molecular formula is C19H22ClN3O3. The number of fused-ring (bicyclic) bond motifs is 1. The van der Waals surface area contributed by atoms with E-state index < -0.39 is 5.97 Å². The van der Waals surface area contributed by atoms with E-state index in [-0.39, 0.29) is 18.2 Å². The van der Waals surface area contributed by atoms with Crippen LogP contribution in [0.4, 0.5) is 0 Å².